The molecule has 0 spiro atoms. The van der Waals surface area contributed by atoms with Gasteiger partial charge in [0.2, 0.25) is 5.91 Å². The molecule has 0 saturated heterocycles. The Morgan fingerprint density at radius 3 is 2.63 bits per heavy atom. The largest absolute Gasteiger partial charge is 0.338 e. The van der Waals surface area contributed by atoms with Crippen LogP contribution in [0.4, 0.5) is 10.6 Å². The average Bonchev–Trinajstić information content (AvgIpc) is 3.35. The summed E-state index contributed by atoms with van der Waals surface area (Å²) in [4.78, 5) is 24.6. The molecule has 1 aromatic carbocycles. The summed E-state index contributed by atoms with van der Waals surface area (Å²) in [5.41, 5.74) is 3.18. The standard InChI is InChI=1S/C23H31N5O2/c29-21(15-8-16-24-23(30)25-17-9-3-1-4-10-17)26-22-19-13-7-14-20(19)27-28(22)18-11-5-2-6-12-18/h2,5-6,11-12,17H,1,3-4,7-10,13-16H2,(H,26,29)(H2,24,25,30). The third-order valence-electron chi connectivity index (χ3n) is 5.97. The summed E-state index contributed by atoms with van der Waals surface area (Å²) >= 11 is 0. The lowest BCUT2D eigenvalue weighted by Gasteiger charge is -2.22. The van der Waals surface area contributed by atoms with Gasteiger partial charge in [-0.2, -0.15) is 5.10 Å². The molecule has 4 rings (SSSR count). The topological polar surface area (TPSA) is 88.1 Å². The first kappa shape index (κ1) is 20.4. The van der Waals surface area contributed by atoms with Gasteiger partial charge in [0.05, 0.1) is 11.4 Å². The molecule has 7 heteroatoms. The van der Waals surface area contributed by atoms with Gasteiger partial charge in [-0.05, 0) is 50.7 Å². The van der Waals surface area contributed by atoms with Gasteiger partial charge < -0.3 is 16.0 Å². The van der Waals surface area contributed by atoms with Crippen molar-refractivity contribution < 1.29 is 9.59 Å². The molecule has 1 aromatic heterocycles. The zero-order valence-corrected chi connectivity index (χ0v) is 17.5. The molecule has 160 valence electrons. The number of amides is 3. The van der Waals surface area contributed by atoms with Crippen LogP contribution in [0.2, 0.25) is 0 Å². The van der Waals surface area contributed by atoms with E-state index in [2.05, 4.69) is 16.0 Å². The lowest BCUT2D eigenvalue weighted by Crippen LogP contribution is -2.43. The van der Waals surface area contributed by atoms with E-state index in [0.717, 1.165) is 54.9 Å². The summed E-state index contributed by atoms with van der Waals surface area (Å²) in [5, 5.41) is 13.7. The van der Waals surface area contributed by atoms with Crippen LogP contribution < -0.4 is 16.0 Å². The third kappa shape index (κ3) is 5.01. The molecule has 0 radical (unpaired) electrons. The first-order valence-corrected chi connectivity index (χ1v) is 11.2. The molecule has 0 bridgehead atoms. The monoisotopic (exact) mass is 409 g/mol. The SMILES string of the molecule is O=C(CCCNC(=O)NC1CCCCC1)Nc1c2c(nn1-c1ccccc1)CCC2. The van der Waals surface area contributed by atoms with Crippen molar-refractivity contribution in [3.8, 4) is 5.69 Å². The average molecular weight is 410 g/mol. The van der Waals surface area contributed by atoms with Gasteiger partial charge in [0.15, 0.2) is 0 Å². The predicted octanol–water partition coefficient (Wildman–Crippen LogP) is 3.71. The van der Waals surface area contributed by atoms with E-state index in [9.17, 15) is 9.59 Å². The Morgan fingerprint density at radius 1 is 1.03 bits per heavy atom. The number of para-hydroxylation sites is 1. The van der Waals surface area contributed by atoms with Gasteiger partial charge in [0.1, 0.15) is 5.82 Å². The van der Waals surface area contributed by atoms with Crippen LogP contribution in [0.15, 0.2) is 30.3 Å². The van der Waals surface area contributed by atoms with Crippen molar-refractivity contribution >= 4 is 17.8 Å². The predicted molar refractivity (Wildman–Crippen MR) is 117 cm³/mol. The first-order chi connectivity index (χ1) is 14.7. The molecule has 30 heavy (non-hydrogen) atoms. The molecule has 3 N–H and O–H groups in total. The number of carbonyl (C=O) groups is 2. The molecular formula is C23H31N5O2. The van der Waals surface area contributed by atoms with Gasteiger partial charge in [0.25, 0.3) is 0 Å². The summed E-state index contributed by atoms with van der Waals surface area (Å²) in [6, 6.07) is 10.1. The van der Waals surface area contributed by atoms with E-state index in [1.807, 2.05) is 35.0 Å². The maximum Gasteiger partial charge on any atom is 0.315 e. The molecule has 1 heterocycles. The van der Waals surface area contributed by atoms with Crippen LogP contribution in [-0.2, 0) is 17.6 Å². The maximum absolute atomic E-state index is 12.6. The van der Waals surface area contributed by atoms with Crippen LogP contribution >= 0.6 is 0 Å². The number of nitrogens with zero attached hydrogens (tertiary/aromatic N) is 2. The quantitative estimate of drug-likeness (QED) is 0.609. The first-order valence-electron chi connectivity index (χ1n) is 11.2. The number of carbonyl (C=O) groups excluding carboxylic acids is 2. The van der Waals surface area contributed by atoms with Crippen molar-refractivity contribution in [1.29, 1.82) is 0 Å². The van der Waals surface area contributed by atoms with Crippen molar-refractivity contribution in [3.63, 3.8) is 0 Å². The highest BCUT2D eigenvalue weighted by Crippen LogP contribution is 2.31. The summed E-state index contributed by atoms with van der Waals surface area (Å²) in [7, 11) is 0. The van der Waals surface area contributed by atoms with Crippen molar-refractivity contribution in [2.45, 2.75) is 70.3 Å². The molecule has 0 atom stereocenters. The Balaban J connectivity index is 1.27. The van der Waals surface area contributed by atoms with Gasteiger partial charge in [-0.1, -0.05) is 37.5 Å². The number of anilines is 1. The molecule has 3 amide bonds. The van der Waals surface area contributed by atoms with Gasteiger partial charge in [0, 0.05) is 24.6 Å². The maximum atomic E-state index is 12.6. The number of hydrogen-bond acceptors (Lipinski definition) is 3. The van der Waals surface area contributed by atoms with Crippen molar-refractivity contribution in [2.24, 2.45) is 0 Å². The number of nitrogens with one attached hydrogen (secondary N) is 3. The molecular weight excluding hydrogens is 378 g/mol. The second kappa shape index (κ2) is 9.78. The number of urea groups is 1. The summed E-state index contributed by atoms with van der Waals surface area (Å²) in [5.74, 6) is 0.748. The van der Waals surface area contributed by atoms with Crippen LogP contribution in [-0.4, -0.2) is 34.3 Å². The van der Waals surface area contributed by atoms with E-state index in [0.29, 0.717) is 25.4 Å². The molecule has 7 nitrogen and oxygen atoms in total. The van der Waals surface area contributed by atoms with Crippen LogP contribution in [0, 0.1) is 0 Å². The summed E-state index contributed by atoms with van der Waals surface area (Å²) in [6.07, 6.45) is 9.72. The highest BCUT2D eigenvalue weighted by Gasteiger charge is 2.24. The Labute approximate surface area is 177 Å². The van der Waals surface area contributed by atoms with Crippen LogP contribution in [0.1, 0.15) is 62.6 Å². The van der Waals surface area contributed by atoms with Gasteiger partial charge in [-0.3, -0.25) is 4.79 Å². The van der Waals surface area contributed by atoms with Crippen molar-refractivity contribution in [1.82, 2.24) is 20.4 Å². The van der Waals surface area contributed by atoms with Crippen molar-refractivity contribution in [2.75, 3.05) is 11.9 Å². The fourth-order valence-corrected chi connectivity index (χ4v) is 4.40. The van der Waals surface area contributed by atoms with E-state index in [4.69, 9.17) is 5.10 Å². The second-order valence-electron chi connectivity index (χ2n) is 8.26. The highest BCUT2D eigenvalue weighted by atomic mass is 16.2. The Morgan fingerprint density at radius 2 is 1.83 bits per heavy atom. The number of rotatable bonds is 7. The minimum Gasteiger partial charge on any atom is -0.338 e. The number of benzene rings is 1. The molecule has 2 aromatic rings. The Bertz CT molecular complexity index is 871. The van der Waals surface area contributed by atoms with Gasteiger partial charge >= 0.3 is 6.03 Å². The van der Waals surface area contributed by atoms with Crippen LogP contribution in [0.25, 0.3) is 5.69 Å². The molecule has 1 saturated carbocycles. The minimum absolute atomic E-state index is 0.0451. The fourth-order valence-electron chi connectivity index (χ4n) is 4.40. The van der Waals surface area contributed by atoms with E-state index >= 15 is 0 Å². The fraction of sp³-hybridized carbons (Fsp3) is 0.522. The van der Waals surface area contributed by atoms with Gasteiger partial charge in [-0.25, -0.2) is 9.48 Å². The normalized spacial score (nSPS) is 16.1. The molecule has 0 unspecified atom stereocenters. The zero-order valence-electron chi connectivity index (χ0n) is 17.5. The number of hydrogen-bond donors (Lipinski definition) is 3. The lowest BCUT2D eigenvalue weighted by molar-refractivity contribution is -0.116. The number of aromatic nitrogens is 2. The summed E-state index contributed by atoms with van der Waals surface area (Å²) in [6.45, 7) is 0.488. The van der Waals surface area contributed by atoms with Crippen LogP contribution in [0.3, 0.4) is 0 Å². The van der Waals surface area contributed by atoms with E-state index in [-0.39, 0.29) is 11.9 Å². The van der Waals surface area contributed by atoms with Gasteiger partial charge in [-0.15, -0.1) is 0 Å². The van der Waals surface area contributed by atoms with E-state index in [1.54, 1.807) is 0 Å². The Kier molecular flexibility index (Phi) is 6.67. The summed E-state index contributed by atoms with van der Waals surface area (Å²) < 4.78 is 1.84. The smallest absolute Gasteiger partial charge is 0.315 e. The molecule has 1 fully saturated rings. The van der Waals surface area contributed by atoms with E-state index < -0.39 is 0 Å². The lowest BCUT2D eigenvalue weighted by atomic mass is 9.96. The zero-order chi connectivity index (χ0) is 20.8. The van der Waals surface area contributed by atoms with Crippen LogP contribution in [0.5, 0.6) is 0 Å². The number of aryl methyl sites for hydroxylation is 1. The second-order valence-corrected chi connectivity index (χ2v) is 8.26. The molecule has 2 aliphatic rings. The molecule has 2 aliphatic carbocycles. The Hall–Kier alpha value is -2.83. The minimum atomic E-state index is -0.123. The highest BCUT2D eigenvalue weighted by molar-refractivity contribution is 5.91. The van der Waals surface area contributed by atoms with E-state index in [1.165, 1.54) is 19.3 Å². The van der Waals surface area contributed by atoms with Crippen molar-refractivity contribution in [3.05, 3.63) is 41.6 Å². The number of fused-ring (bicyclic) bond motifs is 1. The molecule has 0 aliphatic heterocycles. The third-order valence-corrected chi connectivity index (χ3v) is 5.97.